The van der Waals surface area contributed by atoms with Gasteiger partial charge in [0.2, 0.25) is 0 Å². The minimum atomic E-state index is -0.0451. The van der Waals surface area contributed by atoms with Crippen LogP contribution in [0.3, 0.4) is 0 Å². The summed E-state index contributed by atoms with van der Waals surface area (Å²) in [6, 6.07) is 7.59. The summed E-state index contributed by atoms with van der Waals surface area (Å²) in [7, 11) is 0. The number of nitrogens with zero attached hydrogens (tertiary/aromatic N) is 3. The number of aryl methyl sites for hydroxylation is 1. The molecule has 0 amide bonds. The molecule has 3 heterocycles. The molecule has 0 fully saturated rings. The monoisotopic (exact) mass is 257 g/mol. The van der Waals surface area contributed by atoms with Crippen molar-refractivity contribution in [2.75, 3.05) is 0 Å². The molecule has 90 valence electrons. The third kappa shape index (κ3) is 1.82. The van der Waals surface area contributed by atoms with Gasteiger partial charge in [-0.05, 0) is 30.5 Å². The van der Waals surface area contributed by atoms with Crippen LogP contribution in [0, 0.1) is 6.92 Å². The number of pyridine rings is 1. The molecule has 0 atom stereocenters. The molecule has 0 aliphatic heterocycles. The first kappa shape index (κ1) is 11.1. The summed E-state index contributed by atoms with van der Waals surface area (Å²) >= 11 is 1.46. The lowest BCUT2D eigenvalue weighted by Crippen LogP contribution is -2.24. The summed E-state index contributed by atoms with van der Waals surface area (Å²) in [5, 5.41) is 7.21. The Bertz CT molecular complexity index is 746. The lowest BCUT2D eigenvalue weighted by Gasteiger charge is -2.05. The maximum Gasteiger partial charge on any atom is 0.285 e. The van der Waals surface area contributed by atoms with E-state index in [1.807, 2.05) is 36.6 Å². The number of hydrogen-bond donors (Lipinski definition) is 0. The molecule has 0 N–H and O–H groups in total. The van der Waals surface area contributed by atoms with E-state index in [1.165, 1.54) is 16.0 Å². The Morgan fingerprint density at radius 3 is 3.00 bits per heavy atom. The van der Waals surface area contributed by atoms with E-state index < -0.39 is 0 Å². The normalized spacial score (nSPS) is 10.9. The van der Waals surface area contributed by atoms with Crippen LogP contribution in [0.15, 0.2) is 40.6 Å². The van der Waals surface area contributed by atoms with E-state index in [9.17, 15) is 4.79 Å². The topological polar surface area (TPSA) is 47.8 Å². The van der Waals surface area contributed by atoms with Crippen LogP contribution in [-0.4, -0.2) is 14.8 Å². The van der Waals surface area contributed by atoms with Gasteiger partial charge in [0.15, 0.2) is 0 Å². The summed E-state index contributed by atoms with van der Waals surface area (Å²) in [6.45, 7) is 2.33. The SMILES string of the molecule is Cc1nn(Cc2ccccn2)c(=O)c2sccc12. The van der Waals surface area contributed by atoms with E-state index in [0.29, 0.717) is 6.54 Å². The fraction of sp³-hybridized carbons (Fsp3) is 0.154. The Balaban J connectivity index is 2.13. The van der Waals surface area contributed by atoms with Gasteiger partial charge in [0, 0.05) is 11.6 Å². The Kier molecular flexibility index (Phi) is 2.68. The zero-order valence-electron chi connectivity index (χ0n) is 9.83. The number of rotatable bonds is 2. The Labute approximate surface area is 108 Å². The van der Waals surface area contributed by atoms with Crippen LogP contribution in [0.25, 0.3) is 10.1 Å². The first-order valence-electron chi connectivity index (χ1n) is 5.60. The Hall–Kier alpha value is -2.01. The summed E-state index contributed by atoms with van der Waals surface area (Å²) in [4.78, 5) is 16.4. The van der Waals surface area contributed by atoms with Crippen LogP contribution >= 0.6 is 11.3 Å². The molecule has 0 spiro atoms. The second-order valence-corrected chi connectivity index (χ2v) is 4.95. The summed E-state index contributed by atoms with van der Waals surface area (Å²) in [5.41, 5.74) is 1.67. The van der Waals surface area contributed by atoms with Crippen molar-refractivity contribution in [1.29, 1.82) is 0 Å². The molecule has 0 aliphatic rings. The van der Waals surface area contributed by atoms with Crippen LogP contribution in [0.2, 0.25) is 0 Å². The van der Waals surface area contributed by atoms with Gasteiger partial charge in [-0.1, -0.05) is 6.07 Å². The molecule has 4 nitrogen and oxygen atoms in total. The molecule has 3 aromatic rings. The van der Waals surface area contributed by atoms with Gasteiger partial charge in [0.1, 0.15) is 4.70 Å². The second-order valence-electron chi connectivity index (χ2n) is 4.03. The molecule has 3 rings (SSSR count). The predicted octanol–water partition coefficient (Wildman–Crippen LogP) is 2.21. The quantitative estimate of drug-likeness (QED) is 0.707. The first-order chi connectivity index (χ1) is 8.75. The van der Waals surface area contributed by atoms with Crippen LogP contribution in [0.5, 0.6) is 0 Å². The highest BCUT2D eigenvalue weighted by Gasteiger charge is 2.09. The Morgan fingerprint density at radius 2 is 2.22 bits per heavy atom. The van der Waals surface area contributed by atoms with Crippen molar-refractivity contribution in [2.24, 2.45) is 0 Å². The zero-order chi connectivity index (χ0) is 12.5. The van der Waals surface area contributed by atoms with Gasteiger partial charge in [0.25, 0.3) is 5.56 Å². The van der Waals surface area contributed by atoms with Crippen LogP contribution in [0.4, 0.5) is 0 Å². The van der Waals surface area contributed by atoms with Crippen LogP contribution in [0.1, 0.15) is 11.4 Å². The zero-order valence-corrected chi connectivity index (χ0v) is 10.6. The van der Waals surface area contributed by atoms with Gasteiger partial charge < -0.3 is 0 Å². The van der Waals surface area contributed by atoms with Crippen molar-refractivity contribution >= 4 is 21.4 Å². The van der Waals surface area contributed by atoms with E-state index >= 15 is 0 Å². The molecule has 0 bridgehead atoms. The second kappa shape index (κ2) is 4.34. The summed E-state index contributed by atoms with van der Waals surface area (Å²) in [6.07, 6.45) is 1.72. The van der Waals surface area contributed by atoms with E-state index in [4.69, 9.17) is 0 Å². The van der Waals surface area contributed by atoms with Gasteiger partial charge in [0.05, 0.1) is 17.9 Å². The maximum absolute atomic E-state index is 12.2. The van der Waals surface area contributed by atoms with Gasteiger partial charge in [-0.15, -0.1) is 11.3 Å². The summed E-state index contributed by atoms with van der Waals surface area (Å²) in [5.74, 6) is 0. The van der Waals surface area contributed by atoms with Gasteiger partial charge in [-0.2, -0.15) is 5.10 Å². The highest BCUT2D eigenvalue weighted by molar-refractivity contribution is 7.17. The minimum absolute atomic E-state index is 0.0451. The number of aromatic nitrogens is 3. The molecule has 0 saturated heterocycles. The average molecular weight is 257 g/mol. The van der Waals surface area contributed by atoms with Crippen LogP contribution < -0.4 is 5.56 Å². The number of fused-ring (bicyclic) bond motifs is 1. The summed E-state index contributed by atoms with van der Waals surface area (Å²) < 4.78 is 2.25. The number of thiophene rings is 1. The molecule has 0 aromatic carbocycles. The van der Waals surface area contributed by atoms with Crippen molar-refractivity contribution in [3.63, 3.8) is 0 Å². The molecule has 18 heavy (non-hydrogen) atoms. The van der Waals surface area contributed by atoms with Crippen LogP contribution in [-0.2, 0) is 6.54 Å². The van der Waals surface area contributed by atoms with E-state index in [2.05, 4.69) is 10.1 Å². The highest BCUT2D eigenvalue weighted by Crippen LogP contribution is 2.18. The van der Waals surface area contributed by atoms with Gasteiger partial charge >= 0.3 is 0 Å². The largest absolute Gasteiger partial charge is 0.285 e. The minimum Gasteiger partial charge on any atom is -0.266 e. The lowest BCUT2D eigenvalue weighted by atomic mass is 10.3. The van der Waals surface area contributed by atoms with Crippen molar-refractivity contribution < 1.29 is 0 Å². The molecule has 0 radical (unpaired) electrons. The van der Waals surface area contributed by atoms with E-state index in [0.717, 1.165) is 21.5 Å². The third-order valence-corrected chi connectivity index (χ3v) is 3.69. The molecule has 0 aliphatic carbocycles. The molecule has 3 aromatic heterocycles. The maximum atomic E-state index is 12.2. The smallest absolute Gasteiger partial charge is 0.266 e. The van der Waals surface area contributed by atoms with Crippen molar-refractivity contribution in [3.05, 3.63) is 57.6 Å². The Morgan fingerprint density at radius 1 is 1.33 bits per heavy atom. The van der Waals surface area contributed by atoms with Gasteiger partial charge in [-0.25, -0.2) is 4.68 Å². The first-order valence-corrected chi connectivity index (χ1v) is 6.48. The fourth-order valence-corrected chi connectivity index (χ4v) is 2.80. The van der Waals surface area contributed by atoms with Crippen molar-refractivity contribution in [3.8, 4) is 0 Å². The van der Waals surface area contributed by atoms with Gasteiger partial charge in [-0.3, -0.25) is 9.78 Å². The predicted molar refractivity (Wildman–Crippen MR) is 72.0 cm³/mol. The highest BCUT2D eigenvalue weighted by atomic mass is 32.1. The molecular formula is C13H11N3OS. The number of hydrogen-bond acceptors (Lipinski definition) is 4. The third-order valence-electron chi connectivity index (χ3n) is 2.79. The van der Waals surface area contributed by atoms with E-state index in [1.54, 1.807) is 6.20 Å². The lowest BCUT2D eigenvalue weighted by molar-refractivity contribution is 0.628. The molecule has 5 heteroatoms. The van der Waals surface area contributed by atoms with Crippen molar-refractivity contribution in [2.45, 2.75) is 13.5 Å². The average Bonchev–Trinajstić information content (AvgIpc) is 2.87. The van der Waals surface area contributed by atoms with Crippen molar-refractivity contribution in [1.82, 2.24) is 14.8 Å². The standard InChI is InChI=1S/C13H11N3OS/c1-9-11-5-7-18-12(11)13(17)16(15-9)8-10-4-2-3-6-14-10/h2-7H,8H2,1H3. The molecule has 0 unspecified atom stereocenters. The fourth-order valence-electron chi connectivity index (χ4n) is 1.91. The molecular weight excluding hydrogens is 246 g/mol. The van der Waals surface area contributed by atoms with E-state index in [-0.39, 0.29) is 5.56 Å². The molecule has 0 saturated carbocycles.